The summed E-state index contributed by atoms with van der Waals surface area (Å²) in [5, 5.41) is 11.6. The van der Waals surface area contributed by atoms with Crippen LogP contribution < -0.4 is 5.32 Å². The molecule has 132 valence electrons. The number of nitrogens with zero attached hydrogens (tertiary/aromatic N) is 4. The van der Waals surface area contributed by atoms with Gasteiger partial charge in [0.2, 0.25) is 0 Å². The van der Waals surface area contributed by atoms with Gasteiger partial charge in [-0.1, -0.05) is 6.07 Å². The highest BCUT2D eigenvalue weighted by Gasteiger charge is 2.21. The Hall–Kier alpha value is -2.87. The molecule has 3 heterocycles. The number of thioether (sulfide) groups is 1. The Morgan fingerprint density at radius 1 is 1.31 bits per heavy atom. The SMILES string of the molecule is CSCC[C@@H](NC(=O)c1ccc2nc[nH]c2c1)c1nnc2ccccn12. The summed E-state index contributed by atoms with van der Waals surface area (Å²) in [5.41, 5.74) is 3.03. The number of imidazole rings is 1. The Balaban J connectivity index is 1.63. The Kier molecular flexibility index (Phi) is 4.57. The molecule has 8 heteroatoms. The van der Waals surface area contributed by atoms with E-state index in [9.17, 15) is 4.79 Å². The van der Waals surface area contributed by atoms with Gasteiger partial charge in [0, 0.05) is 11.8 Å². The lowest BCUT2D eigenvalue weighted by Gasteiger charge is -2.17. The summed E-state index contributed by atoms with van der Waals surface area (Å²) in [6.45, 7) is 0. The topological polar surface area (TPSA) is 88.0 Å². The molecule has 7 nitrogen and oxygen atoms in total. The summed E-state index contributed by atoms with van der Waals surface area (Å²) < 4.78 is 1.92. The van der Waals surface area contributed by atoms with Gasteiger partial charge in [-0.15, -0.1) is 10.2 Å². The third kappa shape index (κ3) is 3.15. The summed E-state index contributed by atoms with van der Waals surface area (Å²) in [6, 6.07) is 11.0. The zero-order chi connectivity index (χ0) is 17.9. The number of hydrogen-bond donors (Lipinski definition) is 2. The number of benzene rings is 1. The number of aromatic nitrogens is 5. The van der Waals surface area contributed by atoms with Gasteiger partial charge in [-0.25, -0.2) is 4.98 Å². The van der Waals surface area contributed by atoms with Gasteiger partial charge in [-0.3, -0.25) is 9.20 Å². The monoisotopic (exact) mass is 366 g/mol. The zero-order valence-corrected chi connectivity index (χ0v) is 15.0. The van der Waals surface area contributed by atoms with E-state index >= 15 is 0 Å². The van der Waals surface area contributed by atoms with E-state index in [0.717, 1.165) is 34.7 Å². The minimum absolute atomic E-state index is 0.139. The molecule has 1 aromatic carbocycles. The molecular formula is C18H18N6OS. The van der Waals surface area contributed by atoms with Gasteiger partial charge < -0.3 is 10.3 Å². The lowest BCUT2D eigenvalue weighted by atomic mass is 10.1. The van der Waals surface area contributed by atoms with Crippen LogP contribution >= 0.6 is 11.8 Å². The predicted molar refractivity (Wildman–Crippen MR) is 102 cm³/mol. The first-order valence-electron chi connectivity index (χ1n) is 8.29. The highest BCUT2D eigenvalue weighted by Crippen LogP contribution is 2.20. The van der Waals surface area contributed by atoms with Crippen LogP contribution in [0.1, 0.15) is 28.6 Å². The van der Waals surface area contributed by atoms with Crippen molar-refractivity contribution >= 4 is 34.3 Å². The van der Waals surface area contributed by atoms with Gasteiger partial charge in [0.25, 0.3) is 5.91 Å². The molecular weight excluding hydrogens is 348 g/mol. The molecule has 0 unspecified atom stereocenters. The summed E-state index contributed by atoms with van der Waals surface area (Å²) in [4.78, 5) is 20.0. The molecule has 0 bridgehead atoms. The van der Waals surface area contributed by atoms with Crippen LogP contribution in [0.15, 0.2) is 48.9 Å². The molecule has 4 aromatic rings. The second-order valence-corrected chi connectivity index (χ2v) is 6.91. The van der Waals surface area contributed by atoms with Crippen LogP contribution in [0.2, 0.25) is 0 Å². The number of H-pyrrole nitrogens is 1. The fourth-order valence-electron chi connectivity index (χ4n) is 2.92. The molecule has 0 aliphatic carbocycles. The molecule has 3 aromatic heterocycles. The fourth-order valence-corrected chi connectivity index (χ4v) is 3.39. The molecule has 0 fully saturated rings. The second-order valence-electron chi connectivity index (χ2n) is 5.93. The van der Waals surface area contributed by atoms with E-state index in [1.807, 2.05) is 47.2 Å². The number of amides is 1. The summed E-state index contributed by atoms with van der Waals surface area (Å²) >= 11 is 1.74. The third-order valence-corrected chi connectivity index (χ3v) is 4.89. The zero-order valence-electron chi connectivity index (χ0n) is 14.2. The van der Waals surface area contributed by atoms with Crippen LogP contribution in [-0.2, 0) is 0 Å². The molecule has 1 atom stereocenters. The van der Waals surface area contributed by atoms with E-state index in [-0.39, 0.29) is 11.9 Å². The van der Waals surface area contributed by atoms with Gasteiger partial charge in [0.15, 0.2) is 11.5 Å². The molecule has 26 heavy (non-hydrogen) atoms. The normalized spacial score (nSPS) is 12.5. The molecule has 4 rings (SSSR count). The minimum Gasteiger partial charge on any atom is -0.345 e. The summed E-state index contributed by atoms with van der Waals surface area (Å²) in [6.07, 6.45) is 6.36. The average Bonchev–Trinajstić information content (AvgIpc) is 3.31. The number of rotatable bonds is 6. The predicted octanol–water partition coefficient (Wildman–Crippen LogP) is 2.83. The average molecular weight is 366 g/mol. The highest BCUT2D eigenvalue weighted by atomic mass is 32.2. The van der Waals surface area contributed by atoms with Crippen LogP contribution in [0.4, 0.5) is 0 Å². The third-order valence-electron chi connectivity index (χ3n) is 4.25. The van der Waals surface area contributed by atoms with E-state index in [1.165, 1.54) is 0 Å². The Morgan fingerprint density at radius 2 is 2.23 bits per heavy atom. The largest absolute Gasteiger partial charge is 0.345 e. The Labute approximate surface area is 154 Å². The van der Waals surface area contributed by atoms with Crippen molar-refractivity contribution in [3.05, 3.63) is 60.3 Å². The number of aromatic amines is 1. The molecule has 0 aliphatic rings. The van der Waals surface area contributed by atoms with Crippen molar-refractivity contribution in [1.82, 2.24) is 29.9 Å². The molecule has 0 saturated carbocycles. The molecule has 1 amide bonds. The lowest BCUT2D eigenvalue weighted by molar-refractivity contribution is 0.0934. The number of nitrogens with one attached hydrogen (secondary N) is 2. The molecule has 0 radical (unpaired) electrons. The fraction of sp³-hybridized carbons (Fsp3) is 0.222. The van der Waals surface area contributed by atoms with E-state index in [2.05, 4.69) is 25.5 Å². The standard InChI is InChI=1S/C18H18N6OS/c1-26-9-7-14(17-23-22-16-4-2-3-8-24(16)17)21-18(25)12-5-6-13-15(10-12)20-11-19-13/h2-6,8,10-11,14H,7,9H2,1H3,(H,19,20)(H,21,25)/t14-/m1/s1. The van der Waals surface area contributed by atoms with Crippen molar-refractivity contribution in [2.75, 3.05) is 12.0 Å². The maximum atomic E-state index is 12.8. The number of fused-ring (bicyclic) bond motifs is 2. The van der Waals surface area contributed by atoms with Crippen molar-refractivity contribution < 1.29 is 4.79 Å². The first-order chi connectivity index (χ1) is 12.8. The van der Waals surface area contributed by atoms with Gasteiger partial charge in [0.1, 0.15) is 0 Å². The summed E-state index contributed by atoms with van der Waals surface area (Å²) in [7, 11) is 0. The first-order valence-corrected chi connectivity index (χ1v) is 9.68. The van der Waals surface area contributed by atoms with Gasteiger partial charge in [-0.2, -0.15) is 11.8 Å². The van der Waals surface area contributed by atoms with Crippen molar-refractivity contribution in [2.45, 2.75) is 12.5 Å². The quantitative estimate of drug-likeness (QED) is 0.548. The molecule has 0 spiro atoms. The van der Waals surface area contributed by atoms with Gasteiger partial charge in [0.05, 0.1) is 23.4 Å². The van der Waals surface area contributed by atoms with E-state index in [0.29, 0.717) is 5.56 Å². The maximum Gasteiger partial charge on any atom is 0.251 e. The van der Waals surface area contributed by atoms with Gasteiger partial charge >= 0.3 is 0 Å². The van der Waals surface area contributed by atoms with E-state index < -0.39 is 0 Å². The van der Waals surface area contributed by atoms with Crippen molar-refractivity contribution in [3.8, 4) is 0 Å². The molecule has 2 N–H and O–H groups in total. The van der Waals surface area contributed by atoms with Crippen molar-refractivity contribution in [3.63, 3.8) is 0 Å². The van der Waals surface area contributed by atoms with Crippen molar-refractivity contribution in [2.24, 2.45) is 0 Å². The Morgan fingerprint density at radius 3 is 3.12 bits per heavy atom. The van der Waals surface area contributed by atoms with E-state index in [1.54, 1.807) is 24.2 Å². The van der Waals surface area contributed by atoms with Crippen LogP contribution in [0, 0.1) is 0 Å². The highest BCUT2D eigenvalue weighted by molar-refractivity contribution is 7.98. The second kappa shape index (κ2) is 7.17. The molecule has 0 aliphatic heterocycles. The first kappa shape index (κ1) is 16.6. The van der Waals surface area contributed by atoms with E-state index in [4.69, 9.17) is 0 Å². The number of hydrogen-bond acceptors (Lipinski definition) is 5. The van der Waals surface area contributed by atoms with Gasteiger partial charge in [-0.05, 0) is 48.8 Å². The van der Waals surface area contributed by atoms with Crippen LogP contribution in [0.5, 0.6) is 0 Å². The van der Waals surface area contributed by atoms with Crippen molar-refractivity contribution in [1.29, 1.82) is 0 Å². The summed E-state index contributed by atoms with van der Waals surface area (Å²) in [5.74, 6) is 1.51. The number of carbonyl (C=O) groups excluding carboxylic acids is 1. The lowest BCUT2D eigenvalue weighted by Crippen LogP contribution is -2.30. The minimum atomic E-state index is -0.218. The van der Waals surface area contributed by atoms with Crippen LogP contribution in [-0.4, -0.2) is 42.5 Å². The number of pyridine rings is 1. The smallest absolute Gasteiger partial charge is 0.251 e. The molecule has 0 saturated heterocycles. The number of carbonyl (C=O) groups is 1. The van der Waals surface area contributed by atoms with Crippen LogP contribution in [0.3, 0.4) is 0 Å². The Bertz CT molecular complexity index is 1060. The maximum absolute atomic E-state index is 12.8. The van der Waals surface area contributed by atoms with Crippen LogP contribution in [0.25, 0.3) is 16.7 Å².